The van der Waals surface area contributed by atoms with E-state index < -0.39 is 272 Å². The fraction of sp³-hybridized carbons (Fsp3) is 0.957. The van der Waals surface area contributed by atoms with Gasteiger partial charge in [0.15, 0.2) is 43.4 Å². The first-order chi connectivity index (χ1) is 39.7. The van der Waals surface area contributed by atoms with Crippen LogP contribution in [0.2, 0.25) is 0 Å². The normalized spacial score (nSPS) is 51.6. The number of aliphatic hydroxyl groups excluding tert-OH is 20. The van der Waals surface area contributed by atoms with Gasteiger partial charge in [-0.1, -0.05) is 0 Å². The van der Waals surface area contributed by atoms with Gasteiger partial charge < -0.3 is 174 Å². The monoisotopic (exact) mass is 1230 g/mol. The number of nitrogens with one attached hydrogen (secondary N) is 3. The van der Waals surface area contributed by atoms with E-state index in [2.05, 4.69) is 16.0 Å². The zero-order valence-electron chi connectivity index (χ0n) is 44.6. The molecule has 0 aromatic carbocycles. The first-order valence-electron chi connectivity index (χ1n) is 26.8. The molecule has 0 bridgehead atoms. The van der Waals surface area contributed by atoms with Crippen LogP contribution in [-0.2, 0) is 71.2 Å². The van der Waals surface area contributed by atoms with Crippen molar-refractivity contribution in [3.05, 3.63) is 0 Å². The summed E-state index contributed by atoms with van der Waals surface area (Å²) < 4.78 is 75.1. The van der Waals surface area contributed by atoms with E-state index in [9.17, 15) is 112 Å². The maximum absolute atomic E-state index is 12.7. The van der Waals surface area contributed by atoms with Crippen LogP contribution in [0.4, 0.5) is 0 Å². The highest BCUT2D eigenvalue weighted by Crippen LogP contribution is 2.41. The van der Waals surface area contributed by atoms with E-state index in [1.165, 1.54) is 0 Å². The van der Waals surface area contributed by atoms with Crippen LogP contribution in [0.25, 0.3) is 0 Å². The Hall–Kier alpha value is -2.42. The quantitative estimate of drug-likeness (QED) is 0.0475. The molecule has 35 atom stereocenters. The lowest BCUT2D eigenvalue weighted by molar-refractivity contribution is -0.387. The van der Waals surface area contributed by atoms with E-state index >= 15 is 0 Å². The maximum Gasteiger partial charge on any atom is 0.218 e. The molecule has 8 aliphatic rings. The molecule has 0 aromatic rings. The molecule has 23 N–H and O–H groups in total. The highest BCUT2D eigenvalue weighted by molar-refractivity contribution is 5.74. The van der Waals surface area contributed by atoms with Gasteiger partial charge in [-0.05, 0) is 0 Å². The molecule has 2 amide bonds. The van der Waals surface area contributed by atoms with Gasteiger partial charge in [-0.3, -0.25) is 14.9 Å². The van der Waals surface area contributed by atoms with E-state index in [1.807, 2.05) is 0 Å². The summed E-state index contributed by atoms with van der Waals surface area (Å²) in [6, 6.07) is -1.74. The van der Waals surface area contributed by atoms with Crippen LogP contribution >= 0.6 is 0 Å². The van der Waals surface area contributed by atoms with Gasteiger partial charge in [-0.2, -0.15) is 0 Å². The van der Waals surface area contributed by atoms with E-state index in [4.69, 9.17) is 61.6 Å². The lowest BCUT2D eigenvalue weighted by Gasteiger charge is -2.50. The van der Waals surface area contributed by atoms with Gasteiger partial charge in [0.2, 0.25) is 11.8 Å². The number of amides is 2. The van der Waals surface area contributed by atoms with E-state index in [-0.39, 0.29) is 0 Å². The van der Waals surface area contributed by atoms with Gasteiger partial charge in [0.1, 0.15) is 171 Å². The molecule has 0 radical (unpaired) electrons. The van der Waals surface area contributed by atoms with Crippen molar-refractivity contribution >= 4 is 11.8 Å². The lowest BCUT2D eigenvalue weighted by Crippen LogP contribution is -2.70. The molecule has 8 heterocycles. The Morgan fingerprint density at radius 1 is 0.381 bits per heavy atom. The van der Waals surface area contributed by atoms with Crippen LogP contribution in [0.15, 0.2) is 0 Å². The first kappa shape index (κ1) is 67.5. The van der Waals surface area contributed by atoms with Crippen LogP contribution in [0, 0.1) is 0 Å². The molecule has 0 unspecified atom stereocenters. The predicted octanol–water partition coefficient (Wildman–Crippen LogP) is -16.1. The highest BCUT2D eigenvalue weighted by Gasteiger charge is 2.69. The summed E-state index contributed by atoms with van der Waals surface area (Å²) in [6.07, 6.45) is -63.2. The van der Waals surface area contributed by atoms with Crippen molar-refractivity contribution in [2.75, 3.05) is 46.2 Å². The third-order valence-electron chi connectivity index (χ3n) is 15.8. The Balaban J connectivity index is 1.06. The fourth-order valence-corrected chi connectivity index (χ4v) is 11.0. The highest BCUT2D eigenvalue weighted by atomic mass is 16.8. The van der Waals surface area contributed by atoms with Crippen molar-refractivity contribution in [2.45, 2.75) is 228 Å². The zero-order valence-corrected chi connectivity index (χ0v) is 44.6. The molecule has 8 fully saturated rings. The summed E-state index contributed by atoms with van der Waals surface area (Å²) in [5.41, 5.74) is -1.62. The van der Waals surface area contributed by atoms with Crippen molar-refractivity contribution in [2.24, 2.45) is 0 Å². The minimum atomic E-state index is -2.32. The number of aliphatic hydroxyl groups is 20. The first-order valence-corrected chi connectivity index (χ1v) is 26.8. The molecule has 8 saturated heterocycles. The Morgan fingerprint density at radius 2 is 0.738 bits per heavy atom. The second-order valence-electron chi connectivity index (χ2n) is 21.5. The summed E-state index contributed by atoms with van der Waals surface area (Å²) in [5.74, 6) is -1.44. The van der Waals surface area contributed by atoms with Crippen molar-refractivity contribution in [1.29, 1.82) is 0 Å². The number of hydrogen-bond donors (Lipinski definition) is 23. The number of carbonyl (C=O) groups is 2. The summed E-state index contributed by atoms with van der Waals surface area (Å²) in [7, 11) is 0. The van der Waals surface area contributed by atoms with Gasteiger partial charge in [-0.15, -0.1) is 0 Å². The minimum Gasteiger partial charge on any atom is -0.394 e. The standard InChI is InChI=1S/C46H77N3O35/c1-10(55)47-19-25(62)34(15(6-53)77-39(19)82-35-16(7-54)80-45-46(49-45,38(35)71)48-11(2)56)81-44-33(70)37(84-43-31(68)28(65)22(59)14(5-52)76-43)24(61)18(79-44)9-73-41-32(69)36(83-42-30(67)27(64)21(58)13(4-51)75-42)23(60)17(78-41)8-72-40-29(66)26(63)20(57)12(3-50)74-40/h12-45,49-54,57-71H,3-9H2,1-2H3,(H,47,55)(H,48,56)/t12-,13-,14-,15-,16-,17-,18-,19-,20-,21-,22-,23-,24-,25-,26+,27+,28+,29+,30+,31+,32+,33+,34-,35-,36+,37+,38+,39+,40+,41+,42-,43-,44+,45+,46+/m1/s1. The Kier molecular flexibility index (Phi) is 22.6. The smallest absolute Gasteiger partial charge is 0.218 e. The third-order valence-corrected chi connectivity index (χ3v) is 15.8. The molecule has 486 valence electrons. The second kappa shape index (κ2) is 28.2. The maximum atomic E-state index is 12.7. The van der Waals surface area contributed by atoms with Crippen molar-refractivity contribution in [1.82, 2.24) is 16.0 Å². The van der Waals surface area contributed by atoms with E-state index in [1.54, 1.807) is 0 Å². The molecular formula is C46H77N3O35. The molecule has 8 rings (SSSR count). The second-order valence-corrected chi connectivity index (χ2v) is 21.5. The van der Waals surface area contributed by atoms with Crippen LogP contribution in [0.3, 0.4) is 0 Å². The van der Waals surface area contributed by atoms with Crippen LogP contribution in [0.5, 0.6) is 0 Å². The van der Waals surface area contributed by atoms with Crippen LogP contribution < -0.4 is 16.0 Å². The van der Waals surface area contributed by atoms with Crippen molar-refractivity contribution in [3.63, 3.8) is 0 Å². The van der Waals surface area contributed by atoms with Gasteiger partial charge in [0, 0.05) is 13.8 Å². The Morgan fingerprint density at radius 3 is 1.19 bits per heavy atom. The number of rotatable bonds is 21. The summed E-state index contributed by atoms with van der Waals surface area (Å²) in [5, 5.41) is 224. The molecule has 0 aromatic heterocycles. The largest absolute Gasteiger partial charge is 0.394 e. The SMILES string of the molecule is CC(=O)N[C@H]1[C@H](O[C@@H]2[C@@H](CO)O[C@@H]3N[C@@]3(NC(C)=O)[C@H]2O)O[C@H](CO)[C@@H](O[C@@H]2O[C@H](CO[C@H]3O[C@H](CO[C@H]4O[C@H](CO)[C@@H](O)[C@H](O)[C@@H]4O)[C@@H](O)[C@H](O[C@H]4O[C@H](CO)[C@@H](O)[C@H](O)[C@@H]4O)[C@@H]3O)[C@@H](O)[C@H](O[C@H]3O[C@H](CO)[C@@H](O)[C@H](O)[C@@H]3O)[C@@H]2O)[C@@H]1O. The molecular weight excluding hydrogens is 1150 g/mol. The summed E-state index contributed by atoms with van der Waals surface area (Å²) >= 11 is 0. The third kappa shape index (κ3) is 13.7. The zero-order chi connectivity index (χ0) is 61.5. The minimum absolute atomic E-state index is 0.608. The summed E-state index contributed by atoms with van der Waals surface area (Å²) in [4.78, 5) is 24.8. The van der Waals surface area contributed by atoms with Gasteiger partial charge in [0.05, 0.1) is 46.2 Å². The Bertz CT molecular complexity index is 2130. The average molecular weight is 1230 g/mol. The fourth-order valence-electron chi connectivity index (χ4n) is 11.0. The average Bonchev–Trinajstić information content (AvgIpc) is 4.37. The molecule has 38 nitrogen and oxygen atoms in total. The molecule has 0 aliphatic carbocycles. The number of hydrogen-bond acceptors (Lipinski definition) is 36. The molecule has 38 heteroatoms. The van der Waals surface area contributed by atoms with Crippen LogP contribution in [-0.4, -0.2) is 375 Å². The van der Waals surface area contributed by atoms with Crippen molar-refractivity contribution < 1.29 is 173 Å². The van der Waals surface area contributed by atoms with E-state index in [0.29, 0.717) is 0 Å². The molecule has 0 saturated carbocycles. The van der Waals surface area contributed by atoms with Gasteiger partial charge in [0.25, 0.3) is 0 Å². The Labute approximate surface area is 474 Å². The van der Waals surface area contributed by atoms with Gasteiger partial charge >= 0.3 is 0 Å². The number of ether oxygens (including phenoxy) is 13. The lowest BCUT2D eigenvalue weighted by atomic mass is 9.94. The van der Waals surface area contributed by atoms with Crippen LogP contribution in [0.1, 0.15) is 13.8 Å². The van der Waals surface area contributed by atoms with Crippen molar-refractivity contribution in [3.8, 4) is 0 Å². The number of carbonyl (C=O) groups excluding carboxylic acids is 2. The molecule has 84 heavy (non-hydrogen) atoms. The topological polar surface area (TPSA) is 605 Å². The molecule has 0 spiro atoms. The number of fused-ring (bicyclic) bond motifs is 1. The summed E-state index contributed by atoms with van der Waals surface area (Å²) in [6.45, 7) is -4.43. The predicted molar refractivity (Wildman–Crippen MR) is 255 cm³/mol. The van der Waals surface area contributed by atoms with E-state index in [0.717, 1.165) is 13.8 Å². The van der Waals surface area contributed by atoms with Gasteiger partial charge in [-0.25, -0.2) is 0 Å². The molecule has 8 aliphatic heterocycles.